The van der Waals surface area contributed by atoms with Gasteiger partial charge in [0.15, 0.2) is 11.5 Å². The zero-order chi connectivity index (χ0) is 19.2. The molecular weight excluding hydrogens is 344 g/mol. The third-order valence-corrected chi connectivity index (χ3v) is 5.37. The lowest BCUT2D eigenvalue weighted by Gasteiger charge is -2.36. The van der Waals surface area contributed by atoms with E-state index in [4.69, 9.17) is 9.47 Å². The molecule has 1 aromatic carbocycles. The largest absolute Gasteiger partial charge is 0.490 e. The van der Waals surface area contributed by atoms with Crippen molar-refractivity contribution < 1.29 is 19.1 Å². The molecule has 2 amide bonds. The maximum Gasteiger partial charge on any atom is 0.254 e. The van der Waals surface area contributed by atoms with Crippen LogP contribution in [-0.4, -0.2) is 61.0 Å². The molecule has 1 saturated heterocycles. The fourth-order valence-electron chi connectivity index (χ4n) is 3.93. The molecule has 3 rings (SSSR count). The lowest BCUT2D eigenvalue weighted by molar-refractivity contribution is -0.136. The van der Waals surface area contributed by atoms with Gasteiger partial charge in [-0.3, -0.25) is 9.59 Å². The molecule has 0 spiro atoms. The Balaban J connectivity index is 1.61. The van der Waals surface area contributed by atoms with Gasteiger partial charge in [-0.1, -0.05) is 12.8 Å². The Morgan fingerprint density at radius 3 is 2.15 bits per heavy atom. The fraction of sp³-hybridized carbons (Fsp3) is 0.619. The number of carbonyl (C=O) groups excluding carboxylic acids is 2. The van der Waals surface area contributed by atoms with E-state index in [0.717, 1.165) is 25.7 Å². The van der Waals surface area contributed by atoms with Crippen molar-refractivity contribution in [3.63, 3.8) is 0 Å². The lowest BCUT2D eigenvalue weighted by atomic mass is 10.1. The summed E-state index contributed by atoms with van der Waals surface area (Å²) in [5, 5.41) is 0. The average Bonchev–Trinajstić information content (AvgIpc) is 3.23. The maximum atomic E-state index is 12.9. The predicted molar refractivity (Wildman–Crippen MR) is 103 cm³/mol. The number of carbonyl (C=O) groups is 2. The smallest absolute Gasteiger partial charge is 0.254 e. The van der Waals surface area contributed by atoms with Crippen molar-refractivity contribution in [1.29, 1.82) is 0 Å². The van der Waals surface area contributed by atoms with E-state index < -0.39 is 0 Å². The predicted octanol–water partition coefficient (Wildman–Crippen LogP) is 2.96. The molecule has 1 aliphatic carbocycles. The normalized spacial score (nSPS) is 17.9. The van der Waals surface area contributed by atoms with E-state index in [-0.39, 0.29) is 17.7 Å². The maximum absolute atomic E-state index is 12.9. The molecule has 0 radical (unpaired) electrons. The molecule has 1 aliphatic heterocycles. The number of amides is 2. The number of hydrogen-bond donors (Lipinski definition) is 0. The molecule has 0 N–H and O–H groups in total. The first kappa shape index (κ1) is 19.5. The van der Waals surface area contributed by atoms with Gasteiger partial charge in [0.2, 0.25) is 5.91 Å². The Bertz CT molecular complexity index is 662. The first-order valence-corrected chi connectivity index (χ1v) is 10.1. The van der Waals surface area contributed by atoms with E-state index in [1.807, 2.05) is 23.6 Å². The van der Waals surface area contributed by atoms with Gasteiger partial charge in [0.1, 0.15) is 0 Å². The number of hydrogen-bond acceptors (Lipinski definition) is 4. The standard InChI is InChI=1S/C21H30N2O4/c1-3-26-18-10-9-17(15-19(18)27-4-2)21(25)23-13-11-22(12-14-23)20(24)16-7-5-6-8-16/h9-10,15-16H,3-8,11-14H2,1-2H3. The molecule has 2 aliphatic rings. The molecule has 148 valence electrons. The SMILES string of the molecule is CCOc1ccc(C(=O)N2CCN(C(=O)C3CCCC3)CC2)cc1OCC. The summed E-state index contributed by atoms with van der Waals surface area (Å²) in [7, 11) is 0. The molecule has 1 aromatic rings. The number of piperazine rings is 1. The van der Waals surface area contributed by atoms with E-state index in [9.17, 15) is 9.59 Å². The zero-order valence-corrected chi connectivity index (χ0v) is 16.4. The lowest BCUT2D eigenvalue weighted by Crippen LogP contribution is -2.51. The Hall–Kier alpha value is -2.24. The highest BCUT2D eigenvalue weighted by Crippen LogP contribution is 2.30. The van der Waals surface area contributed by atoms with Crippen molar-refractivity contribution in [1.82, 2.24) is 9.80 Å². The Morgan fingerprint density at radius 1 is 0.926 bits per heavy atom. The van der Waals surface area contributed by atoms with Crippen molar-refractivity contribution in [3.05, 3.63) is 23.8 Å². The molecule has 0 unspecified atom stereocenters. The van der Waals surface area contributed by atoms with Crippen LogP contribution in [0, 0.1) is 5.92 Å². The van der Waals surface area contributed by atoms with Crippen molar-refractivity contribution >= 4 is 11.8 Å². The number of rotatable bonds is 6. The summed E-state index contributed by atoms with van der Waals surface area (Å²) in [4.78, 5) is 29.2. The van der Waals surface area contributed by atoms with Crippen LogP contribution in [0.3, 0.4) is 0 Å². The molecule has 1 heterocycles. The minimum atomic E-state index is -0.0213. The van der Waals surface area contributed by atoms with E-state index in [2.05, 4.69) is 0 Å². The van der Waals surface area contributed by atoms with Crippen LogP contribution in [0.1, 0.15) is 49.9 Å². The fourth-order valence-corrected chi connectivity index (χ4v) is 3.93. The minimum absolute atomic E-state index is 0.0213. The van der Waals surface area contributed by atoms with E-state index >= 15 is 0 Å². The highest BCUT2D eigenvalue weighted by atomic mass is 16.5. The van der Waals surface area contributed by atoms with Gasteiger partial charge in [-0.25, -0.2) is 0 Å². The molecule has 0 atom stereocenters. The third kappa shape index (κ3) is 4.54. The second kappa shape index (κ2) is 9.11. The van der Waals surface area contributed by atoms with Gasteiger partial charge in [0, 0.05) is 37.7 Å². The molecule has 1 saturated carbocycles. The minimum Gasteiger partial charge on any atom is -0.490 e. The van der Waals surface area contributed by atoms with Crippen LogP contribution in [0.25, 0.3) is 0 Å². The van der Waals surface area contributed by atoms with Gasteiger partial charge in [-0.2, -0.15) is 0 Å². The van der Waals surface area contributed by atoms with E-state index in [1.165, 1.54) is 0 Å². The van der Waals surface area contributed by atoms with E-state index in [1.54, 1.807) is 18.2 Å². The summed E-state index contributed by atoms with van der Waals surface area (Å²) in [5.41, 5.74) is 0.595. The Morgan fingerprint density at radius 2 is 1.52 bits per heavy atom. The summed E-state index contributed by atoms with van der Waals surface area (Å²) < 4.78 is 11.2. The first-order chi connectivity index (χ1) is 13.1. The van der Waals surface area contributed by atoms with Gasteiger partial charge >= 0.3 is 0 Å². The zero-order valence-electron chi connectivity index (χ0n) is 16.4. The summed E-state index contributed by atoms with van der Waals surface area (Å²) in [6.07, 6.45) is 4.36. The summed E-state index contributed by atoms with van der Waals surface area (Å²) in [6, 6.07) is 5.33. The number of benzene rings is 1. The molecule has 0 bridgehead atoms. The van der Waals surface area contributed by atoms with Crippen molar-refractivity contribution in [2.45, 2.75) is 39.5 Å². The molecule has 2 fully saturated rings. The first-order valence-electron chi connectivity index (χ1n) is 10.1. The van der Waals surface area contributed by atoms with Crippen molar-refractivity contribution in [2.75, 3.05) is 39.4 Å². The van der Waals surface area contributed by atoms with Crippen LogP contribution in [0.5, 0.6) is 11.5 Å². The van der Waals surface area contributed by atoms with E-state index in [0.29, 0.717) is 56.5 Å². The molecule has 27 heavy (non-hydrogen) atoms. The topological polar surface area (TPSA) is 59.1 Å². The van der Waals surface area contributed by atoms with Gasteiger partial charge in [0.05, 0.1) is 13.2 Å². The quantitative estimate of drug-likeness (QED) is 0.768. The average molecular weight is 374 g/mol. The molecular formula is C21H30N2O4. The second-order valence-corrected chi connectivity index (χ2v) is 7.13. The van der Waals surface area contributed by atoms with Crippen LogP contribution in [0.4, 0.5) is 0 Å². The second-order valence-electron chi connectivity index (χ2n) is 7.13. The summed E-state index contributed by atoms with van der Waals surface area (Å²) in [6.45, 7) is 7.28. The Kier molecular flexibility index (Phi) is 6.58. The van der Waals surface area contributed by atoms with Gasteiger partial charge in [-0.05, 0) is 44.9 Å². The van der Waals surface area contributed by atoms with Gasteiger partial charge in [-0.15, -0.1) is 0 Å². The van der Waals surface area contributed by atoms with Gasteiger partial charge in [0.25, 0.3) is 5.91 Å². The summed E-state index contributed by atoms with van der Waals surface area (Å²) in [5.74, 6) is 1.71. The van der Waals surface area contributed by atoms with Crippen molar-refractivity contribution in [2.24, 2.45) is 5.92 Å². The highest BCUT2D eigenvalue weighted by molar-refractivity contribution is 5.95. The van der Waals surface area contributed by atoms with Crippen LogP contribution in [0.2, 0.25) is 0 Å². The molecule has 6 nitrogen and oxygen atoms in total. The van der Waals surface area contributed by atoms with Gasteiger partial charge < -0.3 is 19.3 Å². The van der Waals surface area contributed by atoms with Crippen LogP contribution >= 0.6 is 0 Å². The molecule has 0 aromatic heterocycles. The van der Waals surface area contributed by atoms with Crippen LogP contribution in [0.15, 0.2) is 18.2 Å². The van der Waals surface area contributed by atoms with Crippen LogP contribution in [-0.2, 0) is 4.79 Å². The summed E-state index contributed by atoms with van der Waals surface area (Å²) >= 11 is 0. The number of ether oxygens (including phenoxy) is 2. The van der Waals surface area contributed by atoms with Crippen LogP contribution < -0.4 is 9.47 Å². The highest BCUT2D eigenvalue weighted by Gasteiger charge is 2.30. The number of nitrogens with zero attached hydrogens (tertiary/aromatic N) is 2. The Labute approximate surface area is 161 Å². The van der Waals surface area contributed by atoms with Crippen molar-refractivity contribution in [3.8, 4) is 11.5 Å². The third-order valence-electron chi connectivity index (χ3n) is 5.37. The monoisotopic (exact) mass is 374 g/mol. The molecule has 6 heteroatoms.